The average molecular weight is 279 g/mol. The fourth-order valence-corrected chi connectivity index (χ4v) is 2.02. The molecule has 0 saturated heterocycles. The van der Waals surface area contributed by atoms with Crippen molar-refractivity contribution >= 4 is 5.97 Å². The highest BCUT2D eigenvalue weighted by Gasteiger charge is 2.34. The van der Waals surface area contributed by atoms with Crippen LogP contribution in [0.5, 0.6) is 0 Å². The van der Waals surface area contributed by atoms with Crippen LogP contribution >= 0.6 is 0 Å². The molecule has 1 heterocycles. The Bertz CT molecular complexity index is 411. The van der Waals surface area contributed by atoms with Crippen molar-refractivity contribution in [2.75, 3.05) is 33.8 Å². The third kappa shape index (κ3) is 4.90. The molecule has 112 valence electrons. The normalized spacial score (nSPS) is 14.1. The van der Waals surface area contributed by atoms with Gasteiger partial charge in [-0.3, -0.25) is 9.78 Å². The molecule has 5 heteroatoms. The Balaban J connectivity index is 2.50. The predicted molar refractivity (Wildman–Crippen MR) is 79.5 cm³/mol. The van der Waals surface area contributed by atoms with Crippen LogP contribution < -0.4 is 5.32 Å². The van der Waals surface area contributed by atoms with Gasteiger partial charge in [-0.15, -0.1) is 0 Å². The largest absolute Gasteiger partial charge is 0.465 e. The molecule has 0 aliphatic rings. The van der Waals surface area contributed by atoms with Crippen LogP contribution in [0.2, 0.25) is 0 Å². The molecule has 0 aliphatic carbocycles. The number of nitrogens with one attached hydrogen (secondary N) is 1. The number of pyridine rings is 1. The van der Waals surface area contributed by atoms with E-state index in [-0.39, 0.29) is 5.97 Å². The molecule has 5 nitrogen and oxygen atoms in total. The van der Waals surface area contributed by atoms with Crippen LogP contribution in [0.3, 0.4) is 0 Å². The second-order valence-electron chi connectivity index (χ2n) is 5.15. The summed E-state index contributed by atoms with van der Waals surface area (Å²) in [4.78, 5) is 18.1. The predicted octanol–water partition coefficient (Wildman–Crippen LogP) is 1.10. The van der Waals surface area contributed by atoms with Gasteiger partial charge in [-0.1, -0.05) is 0 Å². The highest BCUT2D eigenvalue weighted by Crippen LogP contribution is 2.09. The molecule has 0 radical (unpaired) electrons. The lowest BCUT2D eigenvalue weighted by atomic mass is 10.0. The molecule has 0 spiro atoms. The van der Waals surface area contributed by atoms with Crippen LogP contribution in [-0.4, -0.2) is 55.2 Å². The fraction of sp³-hybridized carbons (Fsp3) is 0.600. The lowest BCUT2D eigenvalue weighted by Gasteiger charge is -2.31. The minimum atomic E-state index is -0.678. The number of hydrogen-bond donors (Lipinski definition) is 1. The second-order valence-corrected chi connectivity index (χ2v) is 5.15. The molecule has 0 aliphatic heterocycles. The van der Waals surface area contributed by atoms with E-state index in [9.17, 15) is 4.79 Å². The Morgan fingerprint density at radius 2 is 2.10 bits per heavy atom. The summed E-state index contributed by atoms with van der Waals surface area (Å²) in [5, 5.41) is 3.07. The van der Waals surface area contributed by atoms with Gasteiger partial charge in [0.15, 0.2) is 0 Å². The Morgan fingerprint density at radius 3 is 2.65 bits per heavy atom. The Kier molecular flexibility index (Phi) is 6.61. The van der Waals surface area contributed by atoms with Crippen molar-refractivity contribution in [3.8, 4) is 0 Å². The molecule has 1 unspecified atom stereocenters. The van der Waals surface area contributed by atoms with Crippen LogP contribution in [-0.2, 0) is 16.0 Å². The van der Waals surface area contributed by atoms with Crippen molar-refractivity contribution in [3.63, 3.8) is 0 Å². The summed E-state index contributed by atoms with van der Waals surface area (Å²) in [5.74, 6) is -0.210. The lowest BCUT2D eigenvalue weighted by molar-refractivity contribution is -0.151. The number of carbonyl (C=O) groups is 1. The number of hydrogen-bond acceptors (Lipinski definition) is 5. The molecule has 0 fully saturated rings. The molecule has 1 rings (SSSR count). The molecule has 20 heavy (non-hydrogen) atoms. The van der Waals surface area contributed by atoms with Gasteiger partial charge in [0.25, 0.3) is 0 Å². The van der Waals surface area contributed by atoms with Crippen LogP contribution in [0, 0.1) is 0 Å². The van der Waals surface area contributed by atoms with Crippen molar-refractivity contribution in [1.82, 2.24) is 15.2 Å². The SMILES string of the molecule is CCOC(=O)C(C)(CN(C)CCc1ccncc1)NC. The number of aromatic nitrogens is 1. The van der Waals surface area contributed by atoms with Crippen molar-refractivity contribution < 1.29 is 9.53 Å². The summed E-state index contributed by atoms with van der Waals surface area (Å²) < 4.78 is 5.13. The van der Waals surface area contributed by atoms with Crippen molar-refractivity contribution in [2.45, 2.75) is 25.8 Å². The van der Waals surface area contributed by atoms with E-state index in [0.29, 0.717) is 13.2 Å². The van der Waals surface area contributed by atoms with Gasteiger partial charge in [-0.25, -0.2) is 0 Å². The van der Waals surface area contributed by atoms with Crippen LogP contribution in [0.25, 0.3) is 0 Å². The minimum absolute atomic E-state index is 0.210. The highest BCUT2D eigenvalue weighted by molar-refractivity contribution is 5.80. The lowest BCUT2D eigenvalue weighted by Crippen LogP contribution is -2.55. The van der Waals surface area contributed by atoms with Gasteiger partial charge in [0.05, 0.1) is 6.61 Å². The van der Waals surface area contributed by atoms with E-state index in [1.807, 2.05) is 33.0 Å². The van der Waals surface area contributed by atoms with Gasteiger partial charge in [0.2, 0.25) is 0 Å². The van der Waals surface area contributed by atoms with Gasteiger partial charge in [0, 0.05) is 25.5 Å². The van der Waals surface area contributed by atoms with E-state index in [4.69, 9.17) is 4.74 Å². The molecule has 1 aromatic rings. The van der Waals surface area contributed by atoms with Gasteiger partial charge in [-0.2, -0.15) is 0 Å². The first-order valence-corrected chi connectivity index (χ1v) is 6.95. The summed E-state index contributed by atoms with van der Waals surface area (Å²) in [6, 6.07) is 4.02. The zero-order valence-corrected chi connectivity index (χ0v) is 12.8. The zero-order chi connectivity index (χ0) is 15.0. The van der Waals surface area contributed by atoms with E-state index in [1.54, 1.807) is 19.4 Å². The van der Waals surface area contributed by atoms with E-state index < -0.39 is 5.54 Å². The van der Waals surface area contributed by atoms with E-state index >= 15 is 0 Å². The molecule has 0 saturated carbocycles. The summed E-state index contributed by atoms with van der Waals surface area (Å²) in [5.41, 5.74) is 0.567. The maximum atomic E-state index is 12.0. The van der Waals surface area contributed by atoms with Crippen molar-refractivity contribution in [1.29, 1.82) is 0 Å². The van der Waals surface area contributed by atoms with Crippen molar-refractivity contribution in [3.05, 3.63) is 30.1 Å². The van der Waals surface area contributed by atoms with Crippen LogP contribution in [0.1, 0.15) is 19.4 Å². The second kappa shape index (κ2) is 7.97. The number of nitrogens with zero attached hydrogens (tertiary/aromatic N) is 2. The molecule has 1 aromatic heterocycles. The topological polar surface area (TPSA) is 54.5 Å². The first-order chi connectivity index (χ1) is 9.51. The molecule has 1 atom stereocenters. The van der Waals surface area contributed by atoms with Gasteiger partial charge < -0.3 is 15.0 Å². The molecule has 0 bridgehead atoms. The molecule has 0 amide bonds. The van der Waals surface area contributed by atoms with E-state index in [2.05, 4.69) is 15.2 Å². The number of likely N-dealkylation sites (N-methyl/N-ethyl adjacent to an activating group) is 2. The van der Waals surface area contributed by atoms with Crippen LogP contribution in [0.4, 0.5) is 0 Å². The highest BCUT2D eigenvalue weighted by atomic mass is 16.5. The number of carbonyl (C=O) groups excluding carboxylic acids is 1. The third-order valence-electron chi connectivity index (χ3n) is 3.40. The maximum Gasteiger partial charge on any atom is 0.327 e. The number of esters is 1. The summed E-state index contributed by atoms with van der Waals surface area (Å²) in [6.45, 7) is 5.57. The van der Waals surface area contributed by atoms with Crippen LogP contribution in [0.15, 0.2) is 24.5 Å². The fourth-order valence-electron chi connectivity index (χ4n) is 2.02. The quantitative estimate of drug-likeness (QED) is 0.722. The Morgan fingerprint density at radius 1 is 1.45 bits per heavy atom. The maximum absolute atomic E-state index is 12.0. The molecular weight excluding hydrogens is 254 g/mol. The first kappa shape index (κ1) is 16.6. The summed E-state index contributed by atoms with van der Waals surface area (Å²) >= 11 is 0. The van der Waals surface area contributed by atoms with Gasteiger partial charge in [0.1, 0.15) is 5.54 Å². The Labute approximate surface area is 121 Å². The zero-order valence-electron chi connectivity index (χ0n) is 12.8. The average Bonchev–Trinajstić information content (AvgIpc) is 2.46. The number of rotatable bonds is 8. The van der Waals surface area contributed by atoms with Gasteiger partial charge >= 0.3 is 5.97 Å². The molecular formula is C15H25N3O2. The first-order valence-electron chi connectivity index (χ1n) is 6.95. The number of ether oxygens (including phenoxy) is 1. The monoisotopic (exact) mass is 279 g/mol. The smallest absolute Gasteiger partial charge is 0.327 e. The standard InChI is InChI=1S/C15H25N3O2/c1-5-20-14(19)15(2,16-3)12-18(4)11-8-13-6-9-17-10-7-13/h6-7,9-10,16H,5,8,11-12H2,1-4H3. The van der Waals surface area contributed by atoms with Gasteiger partial charge in [-0.05, 0) is 52.1 Å². The minimum Gasteiger partial charge on any atom is -0.465 e. The van der Waals surface area contributed by atoms with E-state index in [1.165, 1.54) is 5.56 Å². The summed E-state index contributed by atoms with van der Waals surface area (Å²) in [6.07, 6.45) is 4.53. The third-order valence-corrected chi connectivity index (χ3v) is 3.40. The summed E-state index contributed by atoms with van der Waals surface area (Å²) in [7, 11) is 3.80. The van der Waals surface area contributed by atoms with Crippen molar-refractivity contribution in [2.24, 2.45) is 0 Å². The molecule has 1 N–H and O–H groups in total. The van der Waals surface area contributed by atoms with E-state index in [0.717, 1.165) is 13.0 Å². The Hall–Kier alpha value is -1.46. The molecule has 0 aromatic carbocycles.